The van der Waals surface area contributed by atoms with Crippen molar-refractivity contribution in [3.63, 3.8) is 0 Å². The van der Waals surface area contributed by atoms with Gasteiger partial charge in [-0.05, 0) is 44.9 Å². The molecule has 1 heterocycles. The van der Waals surface area contributed by atoms with Gasteiger partial charge in [-0.2, -0.15) is 0 Å². The summed E-state index contributed by atoms with van der Waals surface area (Å²) >= 11 is 0. The van der Waals surface area contributed by atoms with Gasteiger partial charge in [0.1, 0.15) is 5.54 Å². The zero-order valence-electron chi connectivity index (χ0n) is 12.8. The van der Waals surface area contributed by atoms with Crippen LogP contribution in [0.1, 0.15) is 52.9 Å². The monoisotopic (exact) mass is 282 g/mol. The van der Waals surface area contributed by atoms with Crippen LogP contribution in [0.5, 0.6) is 0 Å². The lowest BCUT2D eigenvalue weighted by molar-refractivity contribution is -0.147. The fourth-order valence-electron chi connectivity index (χ4n) is 2.87. The highest BCUT2D eigenvalue weighted by molar-refractivity contribution is 5.87. The molecule has 1 aliphatic carbocycles. The predicted molar refractivity (Wildman–Crippen MR) is 76.6 cm³/mol. The summed E-state index contributed by atoms with van der Waals surface area (Å²) in [7, 11) is 0. The highest BCUT2D eigenvalue weighted by Crippen LogP contribution is 2.34. The number of carbonyl (C=O) groups excluding carboxylic acids is 1. The molecule has 1 saturated carbocycles. The third kappa shape index (κ3) is 2.91. The van der Waals surface area contributed by atoms with Crippen molar-refractivity contribution in [2.24, 2.45) is 5.92 Å². The highest BCUT2D eigenvalue weighted by Gasteiger charge is 2.48. The standard InChI is InChI=1S/C15H26N2O3/c1-11(2)7-10-16(12-5-6-12)14(20)17-9-4-8-15(17,3)13(18)19/h11-12H,4-10H2,1-3H3,(H,18,19). The van der Waals surface area contributed by atoms with Gasteiger partial charge in [-0.3, -0.25) is 0 Å². The quantitative estimate of drug-likeness (QED) is 0.843. The lowest BCUT2D eigenvalue weighted by Gasteiger charge is -2.36. The first-order chi connectivity index (χ1) is 9.36. The Bertz CT molecular complexity index is 393. The van der Waals surface area contributed by atoms with Gasteiger partial charge in [0.25, 0.3) is 0 Å². The van der Waals surface area contributed by atoms with E-state index in [1.807, 2.05) is 4.90 Å². The van der Waals surface area contributed by atoms with Crippen LogP contribution >= 0.6 is 0 Å². The lowest BCUT2D eigenvalue weighted by Crippen LogP contribution is -2.55. The number of aliphatic carboxylic acids is 1. The molecule has 2 amide bonds. The number of carboxylic acid groups (broad SMARTS) is 1. The van der Waals surface area contributed by atoms with Gasteiger partial charge in [0.2, 0.25) is 0 Å². The van der Waals surface area contributed by atoms with E-state index in [9.17, 15) is 14.7 Å². The van der Waals surface area contributed by atoms with Crippen molar-refractivity contribution in [2.75, 3.05) is 13.1 Å². The van der Waals surface area contributed by atoms with Gasteiger partial charge in [-0.15, -0.1) is 0 Å². The van der Waals surface area contributed by atoms with Crippen molar-refractivity contribution in [1.29, 1.82) is 0 Å². The van der Waals surface area contributed by atoms with Crippen LogP contribution < -0.4 is 0 Å². The molecule has 0 spiro atoms. The maximum Gasteiger partial charge on any atom is 0.329 e. The Kier molecular flexibility index (Phi) is 4.25. The number of hydrogen-bond donors (Lipinski definition) is 1. The van der Waals surface area contributed by atoms with E-state index in [0.29, 0.717) is 24.9 Å². The third-order valence-corrected chi connectivity index (χ3v) is 4.51. The SMILES string of the molecule is CC(C)CCN(C(=O)N1CCCC1(C)C(=O)O)C1CC1. The van der Waals surface area contributed by atoms with Crippen LogP contribution in [0.25, 0.3) is 0 Å². The predicted octanol–water partition coefficient (Wildman–Crippen LogP) is 2.56. The van der Waals surface area contributed by atoms with Gasteiger partial charge in [-0.25, -0.2) is 9.59 Å². The van der Waals surface area contributed by atoms with Crippen molar-refractivity contribution >= 4 is 12.0 Å². The Morgan fingerprint density at radius 3 is 2.55 bits per heavy atom. The number of likely N-dealkylation sites (tertiary alicyclic amines) is 1. The highest BCUT2D eigenvalue weighted by atomic mass is 16.4. The number of carboxylic acids is 1. The number of amides is 2. The molecule has 0 bridgehead atoms. The maximum absolute atomic E-state index is 12.7. The molecule has 2 fully saturated rings. The lowest BCUT2D eigenvalue weighted by atomic mass is 9.99. The molecular formula is C15H26N2O3. The molecular weight excluding hydrogens is 256 g/mol. The largest absolute Gasteiger partial charge is 0.480 e. The molecule has 1 atom stereocenters. The molecule has 114 valence electrons. The molecule has 2 aliphatic rings. The Labute approximate surface area is 120 Å². The molecule has 5 heteroatoms. The van der Waals surface area contributed by atoms with E-state index in [0.717, 1.165) is 32.2 Å². The number of nitrogens with zero attached hydrogens (tertiary/aromatic N) is 2. The van der Waals surface area contributed by atoms with Crippen LogP contribution in [-0.2, 0) is 4.79 Å². The van der Waals surface area contributed by atoms with Gasteiger partial charge < -0.3 is 14.9 Å². The summed E-state index contributed by atoms with van der Waals surface area (Å²) in [6, 6.07) is 0.260. The van der Waals surface area contributed by atoms with Crippen molar-refractivity contribution in [2.45, 2.75) is 64.5 Å². The smallest absolute Gasteiger partial charge is 0.329 e. The number of rotatable bonds is 5. The number of urea groups is 1. The Balaban J connectivity index is 2.09. The second-order valence-corrected chi connectivity index (χ2v) is 6.72. The molecule has 1 aliphatic heterocycles. The van der Waals surface area contributed by atoms with E-state index >= 15 is 0 Å². The normalized spacial score (nSPS) is 26.1. The van der Waals surface area contributed by atoms with E-state index in [-0.39, 0.29) is 6.03 Å². The van der Waals surface area contributed by atoms with Crippen molar-refractivity contribution in [3.05, 3.63) is 0 Å². The van der Waals surface area contributed by atoms with E-state index < -0.39 is 11.5 Å². The third-order valence-electron chi connectivity index (χ3n) is 4.51. The minimum atomic E-state index is -1.03. The molecule has 5 nitrogen and oxygen atoms in total. The molecule has 1 unspecified atom stereocenters. The molecule has 0 aromatic rings. The van der Waals surface area contributed by atoms with Gasteiger partial charge in [0, 0.05) is 19.1 Å². The zero-order valence-corrected chi connectivity index (χ0v) is 12.8. The fourth-order valence-corrected chi connectivity index (χ4v) is 2.87. The summed E-state index contributed by atoms with van der Waals surface area (Å²) in [6.45, 7) is 7.27. The first-order valence-corrected chi connectivity index (χ1v) is 7.68. The van der Waals surface area contributed by atoms with Crippen LogP contribution in [0.15, 0.2) is 0 Å². The molecule has 2 rings (SSSR count). The first-order valence-electron chi connectivity index (χ1n) is 7.68. The van der Waals surface area contributed by atoms with Crippen LogP contribution in [0.2, 0.25) is 0 Å². The van der Waals surface area contributed by atoms with Gasteiger partial charge >= 0.3 is 12.0 Å². The molecule has 20 heavy (non-hydrogen) atoms. The van der Waals surface area contributed by atoms with Crippen LogP contribution in [-0.4, -0.2) is 51.6 Å². The zero-order chi connectivity index (χ0) is 14.9. The van der Waals surface area contributed by atoms with E-state index in [2.05, 4.69) is 13.8 Å². The minimum absolute atomic E-state index is 0.0736. The molecule has 1 N–H and O–H groups in total. The minimum Gasteiger partial charge on any atom is -0.480 e. The Morgan fingerprint density at radius 1 is 1.40 bits per heavy atom. The van der Waals surface area contributed by atoms with E-state index in [4.69, 9.17) is 0 Å². The summed E-state index contributed by atoms with van der Waals surface area (Å²) in [4.78, 5) is 27.7. The van der Waals surface area contributed by atoms with Crippen LogP contribution in [0.4, 0.5) is 4.79 Å². The molecule has 0 radical (unpaired) electrons. The summed E-state index contributed by atoms with van der Waals surface area (Å²) in [5, 5.41) is 9.43. The fraction of sp³-hybridized carbons (Fsp3) is 0.867. The average Bonchev–Trinajstić information content (AvgIpc) is 3.11. The second-order valence-electron chi connectivity index (χ2n) is 6.72. The van der Waals surface area contributed by atoms with Crippen molar-refractivity contribution < 1.29 is 14.7 Å². The summed E-state index contributed by atoms with van der Waals surface area (Å²) in [5.74, 6) is -0.337. The van der Waals surface area contributed by atoms with Gasteiger partial charge in [-0.1, -0.05) is 13.8 Å². The molecule has 0 aromatic carbocycles. The second kappa shape index (κ2) is 5.62. The number of carbonyl (C=O) groups is 2. The average molecular weight is 282 g/mol. The van der Waals surface area contributed by atoms with E-state index in [1.165, 1.54) is 0 Å². The summed E-state index contributed by atoms with van der Waals surface area (Å²) in [6.07, 6.45) is 4.41. The first kappa shape index (κ1) is 15.1. The van der Waals surface area contributed by atoms with Crippen molar-refractivity contribution in [3.8, 4) is 0 Å². The van der Waals surface area contributed by atoms with Gasteiger partial charge in [0.15, 0.2) is 0 Å². The van der Waals surface area contributed by atoms with Crippen molar-refractivity contribution in [1.82, 2.24) is 9.80 Å². The van der Waals surface area contributed by atoms with E-state index in [1.54, 1.807) is 11.8 Å². The summed E-state index contributed by atoms with van der Waals surface area (Å²) in [5.41, 5.74) is -1.03. The van der Waals surface area contributed by atoms with Crippen LogP contribution in [0, 0.1) is 5.92 Å². The Morgan fingerprint density at radius 2 is 2.05 bits per heavy atom. The van der Waals surface area contributed by atoms with Crippen LogP contribution in [0.3, 0.4) is 0 Å². The molecule has 0 aromatic heterocycles. The Hall–Kier alpha value is -1.26. The van der Waals surface area contributed by atoms with Gasteiger partial charge in [0.05, 0.1) is 0 Å². The maximum atomic E-state index is 12.7. The molecule has 1 saturated heterocycles. The summed E-state index contributed by atoms with van der Waals surface area (Å²) < 4.78 is 0. The topological polar surface area (TPSA) is 60.9 Å². The number of hydrogen-bond acceptors (Lipinski definition) is 2.